The van der Waals surface area contributed by atoms with Gasteiger partial charge in [0.1, 0.15) is 0 Å². The molecule has 2 nitrogen and oxygen atoms in total. The van der Waals surface area contributed by atoms with Gasteiger partial charge >= 0.3 is 0 Å². The Morgan fingerprint density at radius 3 is 3.09 bits per heavy atom. The Hall–Kier alpha value is -0.150. The highest BCUT2D eigenvalue weighted by Crippen LogP contribution is 2.15. The van der Waals surface area contributed by atoms with Crippen molar-refractivity contribution in [1.29, 1.82) is 0 Å². The van der Waals surface area contributed by atoms with E-state index in [0.29, 0.717) is 0 Å². The van der Waals surface area contributed by atoms with Crippen LogP contribution in [0.1, 0.15) is 12.8 Å². The van der Waals surface area contributed by atoms with E-state index in [1.807, 2.05) is 6.20 Å². The summed E-state index contributed by atoms with van der Waals surface area (Å²) < 4.78 is 0. The Morgan fingerprint density at radius 1 is 1.55 bits per heavy atom. The monoisotopic (exact) mass is 190 g/mol. The summed E-state index contributed by atoms with van der Waals surface area (Å²) in [6, 6.07) is 0. The van der Waals surface area contributed by atoms with Crippen molar-refractivity contribution in [3.8, 4) is 0 Å². The molecule has 0 aliphatic rings. The van der Waals surface area contributed by atoms with Gasteiger partial charge in [0.25, 0.3) is 0 Å². The number of aromatic nitrogens is 2. The van der Waals surface area contributed by atoms with Gasteiger partial charge in [0.2, 0.25) is 0 Å². The fourth-order valence-electron chi connectivity index (χ4n) is 0.701. The molecule has 0 amide bonds. The summed E-state index contributed by atoms with van der Waals surface area (Å²) in [5.41, 5.74) is 0. The quantitative estimate of drug-likeness (QED) is 0.439. The van der Waals surface area contributed by atoms with Crippen LogP contribution in [-0.2, 0) is 0 Å². The van der Waals surface area contributed by atoms with Gasteiger partial charge in [0.15, 0.2) is 0 Å². The molecule has 1 aromatic heterocycles. The molecule has 11 heavy (non-hydrogen) atoms. The number of rotatable bonds is 5. The van der Waals surface area contributed by atoms with E-state index >= 15 is 0 Å². The molecule has 0 atom stereocenters. The van der Waals surface area contributed by atoms with E-state index in [1.54, 1.807) is 18.1 Å². The number of hydrogen-bond acceptors (Lipinski definition) is 2. The van der Waals surface area contributed by atoms with Crippen molar-refractivity contribution in [2.45, 2.75) is 17.9 Å². The van der Waals surface area contributed by atoms with Crippen molar-refractivity contribution in [2.75, 3.05) is 11.6 Å². The molecule has 1 heterocycles. The average molecular weight is 191 g/mol. The van der Waals surface area contributed by atoms with Crippen molar-refractivity contribution in [2.24, 2.45) is 0 Å². The van der Waals surface area contributed by atoms with Crippen LogP contribution in [0, 0.1) is 0 Å². The standard InChI is InChI=1S/C7H11ClN2S/c8-3-1-2-4-11-7-5-9-6-10-7/h5-6H,1-4H2,(H,9,10). The summed E-state index contributed by atoms with van der Waals surface area (Å²) in [6.07, 6.45) is 5.81. The Bertz CT molecular complexity index is 177. The number of hydrogen-bond donors (Lipinski definition) is 1. The lowest BCUT2D eigenvalue weighted by atomic mass is 10.4. The SMILES string of the molecule is ClCCCCSc1cnc[nH]1. The maximum atomic E-state index is 5.53. The molecule has 0 radical (unpaired) electrons. The zero-order chi connectivity index (χ0) is 7.94. The number of imidazole rings is 1. The Balaban J connectivity index is 2.04. The van der Waals surface area contributed by atoms with Crippen molar-refractivity contribution >= 4 is 23.4 Å². The predicted molar refractivity (Wildman–Crippen MR) is 49.3 cm³/mol. The van der Waals surface area contributed by atoms with Gasteiger partial charge in [-0.1, -0.05) is 0 Å². The van der Waals surface area contributed by atoms with Crippen LogP contribution in [-0.4, -0.2) is 21.6 Å². The number of H-pyrrole nitrogens is 1. The molecule has 0 aromatic carbocycles. The second-order valence-corrected chi connectivity index (χ2v) is 3.68. The molecule has 62 valence electrons. The van der Waals surface area contributed by atoms with Crippen molar-refractivity contribution in [3.63, 3.8) is 0 Å². The van der Waals surface area contributed by atoms with Gasteiger partial charge in [-0.05, 0) is 18.6 Å². The van der Waals surface area contributed by atoms with Gasteiger partial charge < -0.3 is 4.98 Å². The normalized spacial score (nSPS) is 10.3. The molecule has 0 fully saturated rings. The lowest BCUT2D eigenvalue weighted by Crippen LogP contribution is -1.81. The van der Waals surface area contributed by atoms with Gasteiger partial charge in [-0.15, -0.1) is 23.4 Å². The van der Waals surface area contributed by atoms with E-state index in [1.165, 1.54) is 6.42 Å². The molecule has 1 N–H and O–H groups in total. The summed E-state index contributed by atoms with van der Waals surface area (Å²) in [5, 5.41) is 1.14. The van der Waals surface area contributed by atoms with E-state index in [2.05, 4.69) is 9.97 Å². The van der Waals surface area contributed by atoms with Crippen molar-refractivity contribution in [3.05, 3.63) is 12.5 Å². The molecular formula is C7H11ClN2S. The predicted octanol–water partition coefficient (Wildman–Crippen LogP) is 2.52. The molecule has 0 spiro atoms. The van der Waals surface area contributed by atoms with Gasteiger partial charge in [0, 0.05) is 5.88 Å². The first-order chi connectivity index (χ1) is 5.43. The number of halogens is 1. The second kappa shape index (κ2) is 5.49. The van der Waals surface area contributed by atoms with Crippen LogP contribution < -0.4 is 0 Å². The second-order valence-electron chi connectivity index (χ2n) is 2.16. The first-order valence-corrected chi connectivity index (χ1v) is 5.12. The molecule has 4 heteroatoms. The molecule has 0 aliphatic heterocycles. The van der Waals surface area contributed by atoms with Crippen LogP contribution in [0.5, 0.6) is 0 Å². The van der Waals surface area contributed by atoms with Crippen LogP contribution in [0.15, 0.2) is 17.6 Å². The Labute approximate surface area is 75.7 Å². The summed E-state index contributed by atoms with van der Waals surface area (Å²) in [4.78, 5) is 6.95. The Kier molecular flexibility index (Phi) is 4.47. The summed E-state index contributed by atoms with van der Waals surface area (Å²) >= 11 is 7.32. The van der Waals surface area contributed by atoms with Gasteiger partial charge in [0.05, 0.1) is 17.6 Å². The van der Waals surface area contributed by atoms with E-state index in [4.69, 9.17) is 11.6 Å². The zero-order valence-electron chi connectivity index (χ0n) is 6.22. The smallest absolute Gasteiger partial charge is 0.0928 e. The maximum Gasteiger partial charge on any atom is 0.0928 e. The highest BCUT2D eigenvalue weighted by molar-refractivity contribution is 7.99. The Morgan fingerprint density at radius 2 is 2.45 bits per heavy atom. The van der Waals surface area contributed by atoms with E-state index in [0.717, 1.165) is 23.1 Å². The minimum Gasteiger partial charge on any atom is -0.340 e. The summed E-state index contributed by atoms with van der Waals surface area (Å²) in [5.74, 6) is 1.89. The lowest BCUT2D eigenvalue weighted by Gasteiger charge is -1.95. The fourth-order valence-corrected chi connectivity index (χ4v) is 1.73. The topological polar surface area (TPSA) is 28.7 Å². The van der Waals surface area contributed by atoms with Crippen LogP contribution in [0.4, 0.5) is 0 Å². The third-order valence-electron chi connectivity index (χ3n) is 1.26. The number of unbranched alkanes of at least 4 members (excludes halogenated alkanes) is 1. The molecule has 0 bridgehead atoms. The van der Waals surface area contributed by atoms with Crippen molar-refractivity contribution in [1.82, 2.24) is 9.97 Å². The van der Waals surface area contributed by atoms with Crippen LogP contribution in [0.3, 0.4) is 0 Å². The zero-order valence-corrected chi connectivity index (χ0v) is 7.79. The van der Waals surface area contributed by atoms with Crippen LogP contribution in [0.25, 0.3) is 0 Å². The number of nitrogens with zero attached hydrogens (tertiary/aromatic N) is 1. The molecule has 1 aromatic rings. The molecule has 0 aliphatic carbocycles. The van der Waals surface area contributed by atoms with E-state index in [-0.39, 0.29) is 0 Å². The van der Waals surface area contributed by atoms with Crippen LogP contribution in [0.2, 0.25) is 0 Å². The number of alkyl halides is 1. The van der Waals surface area contributed by atoms with Crippen molar-refractivity contribution < 1.29 is 0 Å². The van der Waals surface area contributed by atoms with E-state index in [9.17, 15) is 0 Å². The first-order valence-electron chi connectivity index (χ1n) is 3.60. The lowest BCUT2D eigenvalue weighted by molar-refractivity contribution is 0.901. The van der Waals surface area contributed by atoms with Gasteiger partial charge in [-0.2, -0.15) is 0 Å². The highest BCUT2D eigenvalue weighted by atomic mass is 35.5. The van der Waals surface area contributed by atoms with E-state index < -0.39 is 0 Å². The number of nitrogens with one attached hydrogen (secondary N) is 1. The molecular weight excluding hydrogens is 180 g/mol. The largest absolute Gasteiger partial charge is 0.340 e. The molecule has 0 unspecified atom stereocenters. The molecule has 0 saturated carbocycles. The van der Waals surface area contributed by atoms with Crippen LogP contribution >= 0.6 is 23.4 Å². The maximum absolute atomic E-state index is 5.53. The number of aromatic amines is 1. The average Bonchev–Trinajstić information content (AvgIpc) is 2.50. The summed E-state index contributed by atoms with van der Waals surface area (Å²) in [7, 11) is 0. The van der Waals surface area contributed by atoms with Gasteiger partial charge in [-0.25, -0.2) is 4.98 Å². The summed E-state index contributed by atoms with van der Waals surface area (Å²) in [6.45, 7) is 0. The highest BCUT2D eigenvalue weighted by Gasteiger charge is 1.93. The third kappa shape index (κ3) is 3.68. The first kappa shape index (κ1) is 8.94. The molecule has 0 saturated heterocycles. The number of thioether (sulfide) groups is 1. The minimum atomic E-state index is 0.767. The third-order valence-corrected chi connectivity index (χ3v) is 2.55. The minimum absolute atomic E-state index is 0.767. The van der Waals surface area contributed by atoms with Gasteiger partial charge in [-0.3, -0.25) is 0 Å². The molecule has 1 rings (SSSR count). The fraction of sp³-hybridized carbons (Fsp3) is 0.571.